The van der Waals surface area contributed by atoms with E-state index in [0.29, 0.717) is 0 Å². The highest BCUT2D eigenvalue weighted by Gasteiger charge is 2.83. The average Bonchev–Trinajstić information content (AvgIpc) is 2.72. The molecule has 0 aliphatic carbocycles. The number of aliphatic carboxylic acids is 2. The first kappa shape index (κ1) is 39.6. The molecular weight excluding hydrogens is 678 g/mol. The normalized spacial score (nSPS) is 17.5. The Kier molecular flexibility index (Phi) is 10.3. The molecule has 3 N–H and O–H groups in total. The summed E-state index contributed by atoms with van der Waals surface area (Å²) in [6.07, 6.45) is -28.1. The second-order valence-electron chi connectivity index (χ2n) is 8.30. The Hall–Kier alpha value is -2.41. The minimum Gasteiger partial charge on any atom is -0.481 e. The zero-order chi connectivity index (χ0) is 34.6. The summed E-state index contributed by atoms with van der Waals surface area (Å²) in [5.74, 6) is -55.3. The first-order valence-electron chi connectivity index (χ1n) is 9.77. The van der Waals surface area contributed by atoms with Crippen LogP contribution in [-0.2, 0) is 19.7 Å². The summed E-state index contributed by atoms with van der Waals surface area (Å²) in [6.45, 7) is 0. The minimum atomic E-state index is -7.70. The number of rotatable bonds is 14. The average molecular weight is 690 g/mol. The van der Waals surface area contributed by atoms with Crippen molar-refractivity contribution in [1.82, 2.24) is 0 Å². The summed E-state index contributed by atoms with van der Waals surface area (Å²) >= 11 is 0. The quantitative estimate of drug-likeness (QED) is 0.153. The van der Waals surface area contributed by atoms with Gasteiger partial charge in [-0.2, -0.15) is 87.4 Å². The van der Waals surface area contributed by atoms with Gasteiger partial charge in [-0.15, -0.1) is 0 Å². The zero-order valence-electron chi connectivity index (χ0n) is 19.1. The van der Waals surface area contributed by atoms with E-state index in [4.69, 9.17) is 10.2 Å². The van der Waals surface area contributed by atoms with Gasteiger partial charge in [0.05, 0.1) is 5.92 Å². The van der Waals surface area contributed by atoms with Crippen molar-refractivity contribution in [1.29, 1.82) is 0 Å². The molecule has 0 aromatic carbocycles. The number of hydrogen-bond acceptors (Lipinski definition) is 4. The van der Waals surface area contributed by atoms with Crippen molar-refractivity contribution in [2.75, 3.05) is 0 Å². The van der Waals surface area contributed by atoms with E-state index in [1.807, 2.05) is 0 Å². The van der Waals surface area contributed by atoms with Crippen LogP contribution in [0.1, 0.15) is 25.7 Å². The maximum Gasteiger partial charge on any atom is 0.460 e. The highest BCUT2D eigenvalue weighted by atomic mass is 32.2. The lowest BCUT2D eigenvalue weighted by molar-refractivity contribution is -0.397. The summed E-state index contributed by atoms with van der Waals surface area (Å²) in [4.78, 5) is 23.0. The van der Waals surface area contributed by atoms with Crippen LogP contribution in [0.2, 0.25) is 0 Å². The lowest BCUT2D eigenvalue weighted by Gasteiger charge is -2.37. The third-order valence-electron chi connectivity index (χ3n) is 5.66. The van der Waals surface area contributed by atoms with Crippen molar-refractivity contribution < 1.29 is 112 Å². The molecule has 0 aliphatic rings. The van der Waals surface area contributed by atoms with Crippen molar-refractivity contribution >= 4 is 22.1 Å². The van der Waals surface area contributed by atoms with E-state index in [1.165, 1.54) is 0 Å². The standard InChI is InChI=1S/C16H12F18O7S/c17-9(18,11(21,22)13(25,26)15(29,30)31)2-1-5(6(35)36)8(7(37)38,42(39,40)41)3-4-10(19,20)12(23,24)14(27,28)16(32,33)34/h5H,1-4H2,(H,35,36)(H,37,38)(H,39,40,41). The molecule has 42 heavy (non-hydrogen) atoms. The predicted octanol–water partition coefficient (Wildman–Crippen LogP) is 5.90. The van der Waals surface area contributed by atoms with Gasteiger partial charge in [0.2, 0.25) is 4.75 Å². The molecule has 0 heterocycles. The maximum atomic E-state index is 13.9. The first-order valence-corrected chi connectivity index (χ1v) is 11.2. The largest absolute Gasteiger partial charge is 0.481 e. The number of carbonyl (C=O) groups is 2. The van der Waals surface area contributed by atoms with E-state index in [9.17, 15) is 102 Å². The van der Waals surface area contributed by atoms with Crippen LogP contribution < -0.4 is 0 Å². The third-order valence-corrected chi connectivity index (χ3v) is 7.24. The molecule has 0 spiro atoms. The maximum absolute atomic E-state index is 13.9. The molecule has 0 rings (SSSR count). The van der Waals surface area contributed by atoms with Gasteiger partial charge in [0.15, 0.2) is 0 Å². The fourth-order valence-corrected chi connectivity index (χ4v) is 4.36. The van der Waals surface area contributed by atoms with Gasteiger partial charge < -0.3 is 10.2 Å². The molecule has 7 nitrogen and oxygen atoms in total. The van der Waals surface area contributed by atoms with Crippen LogP contribution in [0.15, 0.2) is 0 Å². The number of carboxylic acids is 2. The third kappa shape index (κ3) is 6.27. The number of halogens is 18. The highest BCUT2D eigenvalue weighted by Crippen LogP contribution is 2.57. The molecule has 0 saturated heterocycles. The zero-order valence-corrected chi connectivity index (χ0v) is 19.9. The Morgan fingerprint density at radius 1 is 0.548 bits per heavy atom. The Bertz CT molecular complexity index is 1130. The molecule has 2 atom stereocenters. The lowest BCUT2D eigenvalue weighted by Crippen LogP contribution is -2.62. The second-order valence-corrected chi connectivity index (χ2v) is 9.98. The van der Waals surface area contributed by atoms with Gasteiger partial charge in [-0.3, -0.25) is 14.1 Å². The van der Waals surface area contributed by atoms with Gasteiger partial charge in [0.1, 0.15) is 0 Å². The minimum absolute atomic E-state index is 2.90. The van der Waals surface area contributed by atoms with Crippen molar-refractivity contribution in [3.63, 3.8) is 0 Å². The molecular formula is C16H12F18O7S. The molecule has 0 saturated carbocycles. The van der Waals surface area contributed by atoms with E-state index in [0.717, 1.165) is 0 Å². The molecule has 0 amide bonds. The smallest absolute Gasteiger partial charge is 0.460 e. The molecule has 0 aliphatic heterocycles. The van der Waals surface area contributed by atoms with Crippen LogP contribution in [0.3, 0.4) is 0 Å². The van der Waals surface area contributed by atoms with Crippen LogP contribution in [0, 0.1) is 5.92 Å². The predicted molar refractivity (Wildman–Crippen MR) is 93.3 cm³/mol. The van der Waals surface area contributed by atoms with E-state index < -0.39 is 106 Å². The molecule has 0 radical (unpaired) electrons. The van der Waals surface area contributed by atoms with E-state index in [2.05, 4.69) is 0 Å². The van der Waals surface area contributed by atoms with E-state index in [1.54, 1.807) is 0 Å². The van der Waals surface area contributed by atoms with Crippen molar-refractivity contribution in [2.24, 2.45) is 5.92 Å². The number of hydrogen-bond donors (Lipinski definition) is 3. The molecule has 2 unspecified atom stereocenters. The lowest BCUT2D eigenvalue weighted by atomic mass is 9.81. The summed E-state index contributed by atoms with van der Waals surface area (Å²) < 4.78 is 262. The Balaban J connectivity index is 6.93. The molecule has 0 aromatic rings. The molecule has 26 heteroatoms. The molecule has 250 valence electrons. The van der Waals surface area contributed by atoms with Gasteiger partial charge in [0, 0.05) is 12.8 Å². The van der Waals surface area contributed by atoms with Crippen LogP contribution in [0.25, 0.3) is 0 Å². The SMILES string of the molecule is O=C(O)C(CCC(F)(F)C(F)(F)C(F)(F)C(F)(F)F)C(CCC(F)(F)C(F)(F)C(F)(F)C(F)(F)F)(C(=O)O)S(=O)(=O)O. The number of alkyl halides is 18. The fourth-order valence-electron chi connectivity index (χ4n) is 3.20. The van der Waals surface area contributed by atoms with Crippen molar-refractivity contribution in [3.8, 4) is 0 Å². The van der Waals surface area contributed by atoms with Crippen LogP contribution in [0.4, 0.5) is 79.0 Å². The Morgan fingerprint density at radius 3 is 1.10 bits per heavy atom. The number of carboxylic acid groups (broad SMARTS) is 2. The summed E-state index contributed by atoms with van der Waals surface area (Å²) in [7, 11) is -7.09. The first-order chi connectivity index (χ1) is 17.9. The summed E-state index contributed by atoms with van der Waals surface area (Å²) in [5, 5.41) is 18.2. The van der Waals surface area contributed by atoms with E-state index in [-0.39, 0.29) is 0 Å². The van der Waals surface area contributed by atoms with Gasteiger partial charge in [-0.1, -0.05) is 0 Å². The van der Waals surface area contributed by atoms with Crippen molar-refractivity contribution in [3.05, 3.63) is 0 Å². The van der Waals surface area contributed by atoms with Gasteiger partial charge in [-0.25, -0.2) is 0 Å². The molecule has 0 bridgehead atoms. The van der Waals surface area contributed by atoms with Crippen molar-refractivity contribution in [2.45, 2.75) is 78.3 Å². The van der Waals surface area contributed by atoms with Gasteiger partial charge >= 0.3 is 59.8 Å². The van der Waals surface area contributed by atoms with Crippen LogP contribution >= 0.6 is 0 Å². The second kappa shape index (κ2) is 10.9. The van der Waals surface area contributed by atoms with Crippen LogP contribution in [-0.4, -0.2) is 87.8 Å². The fraction of sp³-hybridized carbons (Fsp3) is 0.875. The van der Waals surface area contributed by atoms with Gasteiger partial charge in [-0.05, 0) is 12.8 Å². The molecule has 0 aromatic heterocycles. The Labute approximate surface area is 219 Å². The van der Waals surface area contributed by atoms with Crippen LogP contribution in [0.5, 0.6) is 0 Å². The van der Waals surface area contributed by atoms with Gasteiger partial charge in [0.25, 0.3) is 10.1 Å². The monoisotopic (exact) mass is 690 g/mol. The Morgan fingerprint density at radius 2 is 0.857 bits per heavy atom. The summed E-state index contributed by atoms with van der Waals surface area (Å²) in [6, 6.07) is 0. The highest BCUT2D eigenvalue weighted by molar-refractivity contribution is 7.88. The topological polar surface area (TPSA) is 129 Å². The molecule has 0 fully saturated rings. The summed E-state index contributed by atoms with van der Waals surface area (Å²) in [5.41, 5.74) is 0. The van der Waals surface area contributed by atoms with E-state index >= 15 is 0 Å².